The quantitative estimate of drug-likeness (QED) is 0.128. The van der Waals surface area contributed by atoms with Gasteiger partial charge in [-0.25, -0.2) is 4.98 Å². The molecule has 1 aliphatic rings. The van der Waals surface area contributed by atoms with Crippen molar-refractivity contribution in [3.63, 3.8) is 0 Å². The number of benzene rings is 8. The summed E-state index contributed by atoms with van der Waals surface area (Å²) in [6.45, 7) is 16.4. The van der Waals surface area contributed by atoms with Gasteiger partial charge in [-0.05, 0) is 110 Å². The summed E-state index contributed by atoms with van der Waals surface area (Å²) in [6, 6.07) is 65.5. The number of hydrogen-bond donors (Lipinski definition) is 0. The normalized spacial score (nSPS) is 14.1. The molecule has 0 saturated carbocycles. The number of pyridine rings is 1. The molecule has 6 heteroatoms. The molecule has 5 nitrogen and oxygen atoms in total. The van der Waals surface area contributed by atoms with Crippen molar-refractivity contribution in [2.24, 2.45) is 5.92 Å². The van der Waals surface area contributed by atoms with Crippen LogP contribution in [0.2, 0.25) is 0 Å². The first-order valence-corrected chi connectivity index (χ1v) is 24.8. The fourth-order valence-corrected chi connectivity index (χ4v) is 9.89. The molecule has 0 radical (unpaired) electrons. The van der Waals surface area contributed by atoms with E-state index in [0.717, 1.165) is 72.5 Å². The Balaban J connectivity index is 0.00000688. The third kappa shape index (κ3) is 9.64. The van der Waals surface area contributed by atoms with Gasteiger partial charge in [0.1, 0.15) is 5.82 Å². The van der Waals surface area contributed by atoms with Gasteiger partial charge < -0.3 is 19.1 Å². The van der Waals surface area contributed by atoms with E-state index in [1.54, 1.807) is 6.07 Å². The predicted octanol–water partition coefficient (Wildman–Crippen LogP) is 18.1. The van der Waals surface area contributed by atoms with Gasteiger partial charge in [0.2, 0.25) is 0 Å². The average Bonchev–Trinajstić information content (AvgIpc) is 4.17. The van der Waals surface area contributed by atoms with Gasteiger partial charge >= 0.3 is 0 Å². The van der Waals surface area contributed by atoms with Crippen LogP contribution >= 0.6 is 0 Å². The largest absolute Gasteiger partial charge is 0.509 e. The zero-order chi connectivity index (χ0) is 54.2. The van der Waals surface area contributed by atoms with Crippen molar-refractivity contribution in [3.05, 3.63) is 223 Å². The Morgan fingerprint density at radius 2 is 1.32 bits per heavy atom. The zero-order valence-electron chi connectivity index (χ0n) is 47.5. The summed E-state index contributed by atoms with van der Waals surface area (Å²) in [5, 5.41) is 2.13. The standard InChI is InChI=1S/C67H61N4O.Pt/c1-44(2)35-46-37-49(39-51(38-46)67(7,8)9)56-24-18-25-59(55-31-29-48(36-45(55)3)47-19-11-10-12-20-47)65(56)70-43-69(61-27-15-16-28-62(61)70)52-21-17-22-53(41-52)72-54-30-32-58-57-23-13-14-26-60(57)71(63(58)42-54)64-40-50(33-34-68-64)66(4,5)6;/h10-34,36-40,43-44H,35H2,1-9H3;/q-3;/i3D3,35D2;. The van der Waals surface area contributed by atoms with E-state index in [-0.39, 0.29) is 43.4 Å². The van der Waals surface area contributed by atoms with Crippen LogP contribution in [0.3, 0.4) is 0 Å². The Morgan fingerprint density at radius 3 is 2.08 bits per heavy atom. The van der Waals surface area contributed by atoms with Crippen molar-refractivity contribution < 1.29 is 32.7 Å². The Kier molecular flexibility index (Phi) is 11.7. The van der Waals surface area contributed by atoms with Gasteiger partial charge in [-0.2, -0.15) is 12.1 Å². The number of fused-ring (bicyclic) bond motifs is 4. The number of para-hydroxylation sites is 4. The first-order valence-electron chi connectivity index (χ1n) is 27.3. The summed E-state index contributed by atoms with van der Waals surface area (Å²) in [5.74, 6) is 1.52. The summed E-state index contributed by atoms with van der Waals surface area (Å²) in [6.07, 6.45) is 0.233. The molecule has 1 aliphatic heterocycles. The fraction of sp³-hybridized carbons (Fsp3) is 0.194. The van der Waals surface area contributed by atoms with Crippen LogP contribution in [0.15, 0.2) is 182 Å². The van der Waals surface area contributed by atoms with E-state index in [2.05, 4.69) is 129 Å². The number of aromatic nitrogens is 2. The fourth-order valence-electron chi connectivity index (χ4n) is 9.89. The summed E-state index contributed by atoms with van der Waals surface area (Å²) < 4.78 is 54.6. The number of ether oxygens (including phenoxy) is 1. The number of aryl methyl sites for hydroxylation is 1. The van der Waals surface area contributed by atoms with E-state index >= 15 is 0 Å². The van der Waals surface area contributed by atoms with Gasteiger partial charge in [0, 0.05) is 79.3 Å². The van der Waals surface area contributed by atoms with E-state index in [0.29, 0.717) is 33.9 Å². The second kappa shape index (κ2) is 19.7. The van der Waals surface area contributed by atoms with Crippen LogP contribution in [0, 0.1) is 31.6 Å². The van der Waals surface area contributed by atoms with E-state index in [9.17, 15) is 2.74 Å². The zero-order valence-corrected chi connectivity index (χ0v) is 44.8. The third-order valence-corrected chi connectivity index (χ3v) is 13.5. The van der Waals surface area contributed by atoms with Crippen LogP contribution in [0.25, 0.3) is 61.0 Å². The van der Waals surface area contributed by atoms with Crippen molar-refractivity contribution >= 4 is 44.6 Å². The van der Waals surface area contributed by atoms with Crippen LogP contribution in [0.4, 0.5) is 22.7 Å². The monoisotopic (exact) mass is 1140 g/mol. The van der Waals surface area contributed by atoms with Crippen LogP contribution in [0.5, 0.6) is 11.5 Å². The first-order chi connectivity index (χ1) is 36.6. The Bertz CT molecular complexity index is 3870. The van der Waals surface area contributed by atoms with E-state index in [1.165, 1.54) is 5.56 Å². The van der Waals surface area contributed by atoms with Crippen molar-refractivity contribution in [2.45, 2.75) is 79.4 Å². The summed E-state index contributed by atoms with van der Waals surface area (Å²) in [4.78, 5) is 9.08. The molecule has 0 saturated heterocycles. The summed E-state index contributed by atoms with van der Waals surface area (Å²) in [5.41, 5.74) is 12.3. The van der Waals surface area contributed by atoms with Gasteiger partial charge in [0.25, 0.3) is 0 Å². The van der Waals surface area contributed by atoms with Crippen LogP contribution in [-0.2, 0) is 38.3 Å². The molecule has 0 unspecified atom stereocenters. The van der Waals surface area contributed by atoms with Crippen molar-refractivity contribution in [2.75, 3.05) is 9.80 Å². The SMILES string of the molecule is [2H]C([2H])([2H])c1cc(-c2ccccc2)ccc1-c1cccc(-c2cc(C(C)(C)C)cc(C([2H])([2H])C(C)C)c2)c1N1[CH-]N(c2[c-]c(Oc3[c-]c4c(cc3)c3ccccc3n4-c3cc(C(C)(C)C)ccn3)ccc2)c2ccccc21.[Pt]. The van der Waals surface area contributed by atoms with Gasteiger partial charge in [0.15, 0.2) is 0 Å². The molecule has 11 rings (SSSR count). The minimum atomic E-state index is -2.47. The molecule has 10 aromatic rings. The maximum Gasteiger partial charge on any atom is 0.135 e. The smallest absolute Gasteiger partial charge is 0.135 e. The number of nitrogens with zero attached hydrogens (tertiary/aromatic N) is 4. The molecule has 0 fully saturated rings. The molecular weight excluding hydrogens is 1070 g/mol. The molecule has 8 aromatic carbocycles. The minimum Gasteiger partial charge on any atom is -0.509 e. The predicted molar refractivity (Wildman–Crippen MR) is 301 cm³/mol. The molecule has 3 heterocycles. The summed E-state index contributed by atoms with van der Waals surface area (Å²) in [7, 11) is 0. The third-order valence-electron chi connectivity index (χ3n) is 13.5. The van der Waals surface area contributed by atoms with E-state index in [4.69, 9.17) is 13.8 Å². The molecule has 2 aromatic heterocycles. The molecule has 0 amide bonds. The Hall–Kier alpha value is -7.20. The van der Waals surface area contributed by atoms with Gasteiger partial charge in [-0.3, -0.25) is 0 Å². The van der Waals surface area contributed by atoms with Crippen LogP contribution in [-0.4, -0.2) is 9.55 Å². The second-order valence-electron chi connectivity index (χ2n) is 21.1. The number of anilines is 4. The van der Waals surface area contributed by atoms with Gasteiger partial charge in [0.05, 0.1) is 0 Å². The second-order valence-corrected chi connectivity index (χ2v) is 21.1. The maximum absolute atomic E-state index is 9.36. The van der Waals surface area contributed by atoms with Gasteiger partial charge in [-0.15, -0.1) is 48.1 Å². The van der Waals surface area contributed by atoms with E-state index < -0.39 is 13.2 Å². The van der Waals surface area contributed by atoms with Gasteiger partial charge in [-0.1, -0.05) is 176 Å². The maximum atomic E-state index is 9.36. The molecular formula is C67H61N4OPt-3. The molecule has 73 heavy (non-hydrogen) atoms. The van der Waals surface area contributed by atoms with E-state index in [1.807, 2.05) is 136 Å². The van der Waals surface area contributed by atoms with Crippen molar-refractivity contribution in [3.8, 4) is 50.7 Å². The Labute approximate surface area is 453 Å². The molecule has 0 bridgehead atoms. The number of hydrogen-bond acceptors (Lipinski definition) is 4. The molecule has 0 atom stereocenters. The Morgan fingerprint density at radius 1 is 0.603 bits per heavy atom. The molecule has 0 spiro atoms. The number of rotatable bonds is 10. The molecule has 0 N–H and O–H groups in total. The first kappa shape index (κ1) is 43.4. The molecule has 0 aliphatic carbocycles. The van der Waals surface area contributed by atoms with Crippen LogP contribution in [0.1, 0.15) is 84.5 Å². The minimum absolute atomic E-state index is 0. The average molecular weight is 1140 g/mol. The topological polar surface area (TPSA) is 33.5 Å². The van der Waals surface area contributed by atoms with Crippen molar-refractivity contribution in [1.82, 2.24) is 9.55 Å². The summed E-state index contributed by atoms with van der Waals surface area (Å²) >= 11 is 0. The van der Waals surface area contributed by atoms with Crippen LogP contribution < -0.4 is 14.5 Å². The molecule has 368 valence electrons. The van der Waals surface area contributed by atoms with Crippen molar-refractivity contribution in [1.29, 1.82) is 0 Å².